The van der Waals surface area contributed by atoms with Crippen LogP contribution >= 0.6 is 0 Å². The van der Waals surface area contributed by atoms with E-state index >= 15 is 0 Å². The Kier molecular flexibility index (Phi) is 2.11. The quantitative estimate of drug-likeness (QED) is 0.537. The van der Waals surface area contributed by atoms with E-state index < -0.39 is 0 Å². The van der Waals surface area contributed by atoms with Crippen molar-refractivity contribution in [1.29, 1.82) is 0 Å². The number of methoxy groups -OCH3 is 1. The van der Waals surface area contributed by atoms with Crippen LogP contribution in [0.25, 0.3) is 0 Å². The first-order valence-electron chi connectivity index (χ1n) is 6.07. The van der Waals surface area contributed by atoms with Crippen LogP contribution in [0, 0.1) is 5.41 Å². The monoisotopic (exact) mass is 226 g/mol. The average Bonchev–Trinajstić information content (AvgIpc) is 2.89. The number of hydrogen-bond donors (Lipinski definition) is 0. The first-order valence-corrected chi connectivity index (χ1v) is 6.07. The summed E-state index contributed by atoms with van der Waals surface area (Å²) < 4.78 is 16.2. The fourth-order valence-corrected chi connectivity index (χ4v) is 3.59. The van der Waals surface area contributed by atoms with Crippen LogP contribution in [0.3, 0.4) is 0 Å². The Morgan fingerprint density at radius 1 is 1.50 bits per heavy atom. The van der Waals surface area contributed by atoms with Gasteiger partial charge >= 0.3 is 5.97 Å². The Labute approximate surface area is 95.2 Å². The van der Waals surface area contributed by atoms with E-state index in [4.69, 9.17) is 14.2 Å². The van der Waals surface area contributed by atoms with Gasteiger partial charge in [0.05, 0.1) is 12.7 Å². The number of ether oxygens (including phenoxy) is 3. The molecule has 3 rings (SSSR count). The molecule has 0 aromatic carbocycles. The second-order valence-electron chi connectivity index (χ2n) is 5.08. The summed E-state index contributed by atoms with van der Waals surface area (Å²) in [5.74, 6) is -0.191. The van der Waals surface area contributed by atoms with Crippen molar-refractivity contribution in [2.75, 3.05) is 13.7 Å². The van der Waals surface area contributed by atoms with Gasteiger partial charge in [0, 0.05) is 18.9 Å². The van der Waals surface area contributed by atoms with Crippen molar-refractivity contribution in [3.05, 3.63) is 0 Å². The van der Waals surface area contributed by atoms with E-state index in [1.807, 2.05) is 6.92 Å². The molecule has 2 spiro atoms. The van der Waals surface area contributed by atoms with Crippen molar-refractivity contribution in [2.45, 2.75) is 50.4 Å². The minimum atomic E-state index is -0.320. The lowest BCUT2D eigenvalue weighted by molar-refractivity contribution is -0.195. The molecular formula is C12H18O4. The predicted octanol–water partition coefficient (Wildman–Crippen LogP) is 1.28. The Bertz CT molecular complexity index is 323. The van der Waals surface area contributed by atoms with E-state index in [0.717, 1.165) is 19.3 Å². The fourth-order valence-electron chi connectivity index (χ4n) is 3.59. The van der Waals surface area contributed by atoms with Gasteiger partial charge in [-0.3, -0.25) is 0 Å². The molecule has 2 aliphatic carbocycles. The third kappa shape index (κ3) is 0.998. The molecule has 4 nitrogen and oxygen atoms in total. The van der Waals surface area contributed by atoms with Gasteiger partial charge in [0.1, 0.15) is 5.60 Å². The zero-order valence-corrected chi connectivity index (χ0v) is 9.82. The molecule has 0 bridgehead atoms. The fraction of sp³-hybridized carbons (Fsp3) is 0.917. The SMILES string of the molecule is CCOC(=O)C1OC12CC(OC)C21CCC1. The summed E-state index contributed by atoms with van der Waals surface area (Å²) in [7, 11) is 1.75. The van der Waals surface area contributed by atoms with E-state index in [0.29, 0.717) is 6.61 Å². The standard InChI is InChI=1S/C12H18O4/c1-3-15-10(13)9-12(16-9)7-8(14-2)11(12)5-4-6-11/h8-9H,3-7H2,1-2H3. The van der Waals surface area contributed by atoms with Crippen LogP contribution in [0.4, 0.5) is 0 Å². The maximum atomic E-state index is 11.6. The van der Waals surface area contributed by atoms with Crippen molar-refractivity contribution < 1.29 is 19.0 Å². The lowest BCUT2D eigenvalue weighted by atomic mass is 9.46. The number of fused-ring (bicyclic) bond motifs is 1. The summed E-state index contributed by atoms with van der Waals surface area (Å²) >= 11 is 0. The second-order valence-corrected chi connectivity index (χ2v) is 5.08. The molecule has 3 fully saturated rings. The Morgan fingerprint density at radius 2 is 2.25 bits per heavy atom. The summed E-state index contributed by atoms with van der Waals surface area (Å²) in [5, 5.41) is 0. The predicted molar refractivity (Wildman–Crippen MR) is 55.9 cm³/mol. The summed E-state index contributed by atoms with van der Waals surface area (Å²) in [6, 6.07) is 0. The maximum absolute atomic E-state index is 11.6. The zero-order chi connectivity index (χ0) is 11.4. The second kappa shape index (κ2) is 3.20. The van der Waals surface area contributed by atoms with Crippen molar-refractivity contribution >= 4 is 5.97 Å². The van der Waals surface area contributed by atoms with Crippen LogP contribution in [0.2, 0.25) is 0 Å². The average molecular weight is 226 g/mol. The molecule has 3 unspecified atom stereocenters. The topological polar surface area (TPSA) is 48.1 Å². The van der Waals surface area contributed by atoms with E-state index in [9.17, 15) is 4.79 Å². The van der Waals surface area contributed by atoms with Gasteiger partial charge in [-0.2, -0.15) is 0 Å². The van der Waals surface area contributed by atoms with Gasteiger partial charge < -0.3 is 14.2 Å². The first kappa shape index (κ1) is 10.5. The lowest BCUT2D eigenvalue weighted by Gasteiger charge is -2.59. The molecule has 0 aromatic heterocycles. The van der Waals surface area contributed by atoms with E-state index in [2.05, 4.69) is 0 Å². The number of esters is 1. The zero-order valence-electron chi connectivity index (χ0n) is 9.82. The van der Waals surface area contributed by atoms with Gasteiger partial charge in [0.25, 0.3) is 0 Å². The summed E-state index contributed by atoms with van der Waals surface area (Å²) in [6.07, 6.45) is 4.29. The van der Waals surface area contributed by atoms with Gasteiger partial charge in [-0.1, -0.05) is 6.42 Å². The number of carbonyl (C=O) groups excluding carboxylic acids is 1. The highest BCUT2D eigenvalue weighted by molar-refractivity contribution is 5.80. The minimum Gasteiger partial charge on any atom is -0.464 e. The smallest absolute Gasteiger partial charge is 0.338 e. The van der Waals surface area contributed by atoms with Crippen LogP contribution in [-0.4, -0.2) is 37.5 Å². The molecule has 2 saturated carbocycles. The molecule has 90 valence electrons. The van der Waals surface area contributed by atoms with Gasteiger partial charge in [0.15, 0.2) is 6.10 Å². The number of hydrogen-bond acceptors (Lipinski definition) is 4. The number of carbonyl (C=O) groups is 1. The van der Waals surface area contributed by atoms with Crippen molar-refractivity contribution in [3.8, 4) is 0 Å². The number of rotatable bonds is 3. The van der Waals surface area contributed by atoms with E-state index in [1.165, 1.54) is 6.42 Å². The van der Waals surface area contributed by atoms with Crippen LogP contribution in [-0.2, 0) is 19.0 Å². The van der Waals surface area contributed by atoms with Gasteiger partial charge in [0.2, 0.25) is 0 Å². The Balaban J connectivity index is 1.72. The molecule has 16 heavy (non-hydrogen) atoms. The highest BCUT2D eigenvalue weighted by atomic mass is 16.7. The summed E-state index contributed by atoms with van der Waals surface area (Å²) in [5.41, 5.74) is -0.0998. The molecule has 0 N–H and O–H groups in total. The molecule has 1 saturated heterocycles. The third-order valence-corrected chi connectivity index (χ3v) is 4.67. The highest BCUT2D eigenvalue weighted by Crippen LogP contribution is 2.72. The molecule has 0 radical (unpaired) electrons. The molecule has 1 heterocycles. The van der Waals surface area contributed by atoms with Crippen LogP contribution in [0.15, 0.2) is 0 Å². The summed E-state index contributed by atoms with van der Waals surface area (Å²) in [4.78, 5) is 11.6. The molecule has 3 aliphatic rings. The molecule has 0 amide bonds. The lowest BCUT2D eigenvalue weighted by Crippen LogP contribution is -2.65. The van der Waals surface area contributed by atoms with E-state index in [-0.39, 0.29) is 29.2 Å². The number of epoxide rings is 1. The van der Waals surface area contributed by atoms with Crippen molar-refractivity contribution in [3.63, 3.8) is 0 Å². The highest BCUT2D eigenvalue weighted by Gasteiger charge is 2.82. The van der Waals surface area contributed by atoms with Crippen LogP contribution in [0.5, 0.6) is 0 Å². The largest absolute Gasteiger partial charge is 0.464 e. The molecule has 1 aliphatic heterocycles. The molecule has 3 atom stereocenters. The molecular weight excluding hydrogens is 208 g/mol. The van der Waals surface area contributed by atoms with Gasteiger partial charge in [-0.25, -0.2) is 4.79 Å². The van der Waals surface area contributed by atoms with Gasteiger partial charge in [-0.05, 0) is 19.8 Å². The van der Waals surface area contributed by atoms with Crippen LogP contribution in [0.1, 0.15) is 32.6 Å². The van der Waals surface area contributed by atoms with Gasteiger partial charge in [-0.15, -0.1) is 0 Å². The Hall–Kier alpha value is -0.610. The van der Waals surface area contributed by atoms with Crippen LogP contribution < -0.4 is 0 Å². The van der Waals surface area contributed by atoms with Crippen molar-refractivity contribution in [1.82, 2.24) is 0 Å². The normalized spacial score (nSPS) is 42.6. The minimum absolute atomic E-state index is 0.124. The first-order chi connectivity index (χ1) is 7.70. The third-order valence-electron chi connectivity index (χ3n) is 4.67. The molecule has 0 aromatic rings. The van der Waals surface area contributed by atoms with Crippen molar-refractivity contribution in [2.24, 2.45) is 5.41 Å². The summed E-state index contributed by atoms with van der Waals surface area (Å²) in [6.45, 7) is 2.25. The Morgan fingerprint density at radius 3 is 2.75 bits per heavy atom. The maximum Gasteiger partial charge on any atom is 0.338 e. The molecule has 4 heteroatoms. The van der Waals surface area contributed by atoms with E-state index in [1.54, 1.807) is 7.11 Å².